The van der Waals surface area contributed by atoms with Gasteiger partial charge in [0.15, 0.2) is 0 Å². The standard InChI is InChI=1S/C13H15ClN2O4/c1-8-5-12(16(19)20)10(14)7-11(8)15-4-2-3-9(15)6-13(17)18/h5,7,9H,2-4,6H2,1H3,(H,17,18). The third-order valence-electron chi connectivity index (χ3n) is 3.56. The Labute approximate surface area is 121 Å². The van der Waals surface area contributed by atoms with Crippen molar-refractivity contribution in [1.29, 1.82) is 0 Å². The van der Waals surface area contributed by atoms with Crippen LogP contribution in [-0.2, 0) is 4.79 Å². The van der Waals surface area contributed by atoms with Crippen molar-refractivity contribution in [1.82, 2.24) is 0 Å². The van der Waals surface area contributed by atoms with Gasteiger partial charge in [-0.3, -0.25) is 14.9 Å². The van der Waals surface area contributed by atoms with Gasteiger partial charge in [-0.2, -0.15) is 0 Å². The van der Waals surface area contributed by atoms with E-state index in [4.69, 9.17) is 16.7 Å². The van der Waals surface area contributed by atoms with Crippen LogP contribution in [0.5, 0.6) is 0 Å². The first-order valence-corrected chi connectivity index (χ1v) is 6.71. The van der Waals surface area contributed by atoms with E-state index in [1.807, 2.05) is 4.90 Å². The van der Waals surface area contributed by atoms with E-state index < -0.39 is 10.9 Å². The summed E-state index contributed by atoms with van der Waals surface area (Å²) in [5, 5.41) is 19.9. The highest BCUT2D eigenvalue weighted by molar-refractivity contribution is 6.33. The van der Waals surface area contributed by atoms with E-state index in [9.17, 15) is 14.9 Å². The van der Waals surface area contributed by atoms with Gasteiger partial charge in [0.1, 0.15) is 5.02 Å². The minimum atomic E-state index is -0.840. The molecule has 1 fully saturated rings. The summed E-state index contributed by atoms with van der Waals surface area (Å²) < 4.78 is 0. The number of nitrogens with zero attached hydrogens (tertiary/aromatic N) is 2. The van der Waals surface area contributed by atoms with Gasteiger partial charge in [0, 0.05) is 24.3 Å². The number of aliphatic carboxylic acids is 1. The van der Waals surface area contributed by atoms with Crippen LogP contribution in [0.1, 0.15) is 24.8 Å². The summed E-state index contributed by atoms with van der Waals surface area (Å²) >= 11 is 5.94. The first-order valence-electron chi connectivity index (χ1n) is 6.33. The topological polar surface area (TPSA) is 83.7 Å². The number of benzene rings is 1. The van der Waals surface area contributed by atoms with Gasteiger partial charge in [-0.05, 0) is 31.4 Å². The first-order chi connectivity index (χ1) is 9.40. The van der Waals surface area contributed by atoms with Crippen molar-refractivity contribution in [2.45, 2.75) is 32.2 Å². The molecule has 1 saturated heterocycles. The summed E-state index contributed by atoms with van der Waals surface area (Å²) in [5.74, 6) is -0.840. The second-order valence-corrected chi connectivity index (χ2v) is 5.34. The van der Waals surface area contributed by atoms with Crippen LogP contribution in [0.3, 0.4) is 0 Å². The highest BCUT2D eigenvalue weighted by Crippen LogP contribution is 2.36. The summed E-state index contributed by atoms with van der Waals surface area (Å²) in [7, 11) is 0. The molecule has 1 aromatic rings. The lowest BCUT2D eigenvalue weighted by molar-refractivity contribution is -0.384. The number of carbonyl (C=O) groups is 1. The number of anilines is 1. The molecule has 0 saturated carbocycles. The molecule has 7 heteroatoms. The number of carboxylic acid groups (broad SMARTS) is 1. The van der Waals surface area contributed by atoms with Crippen molar-refractivity contribution in [3.05, 3.63) is 32.8 Å². The highest BCUT2D eigenvalue weighted by Gasteiger charge is 2.29. The van der Waals surface area contributed by atoms with Crippen molar-refractivity contribution >= 4 is 28.9 Å². The Kier molecular flexibility index (Phi) is 4.13. The van der Waals surface area contributed by atoms with Gasteiger partial charge in [-0.25, -0.2) is 0 Å². The SMILES string of the molecule is Cc1cc([N+](=O)[O-])c(Cl)cc1N1CCCC1CC(=O)O. The molecule has 20 heavy (non-hydrogen) atoms. The van der Waals surface area contributed by atoms with Crippen molar-refractivity contribution in [3.63, 3.8) is 0 Å². The molecule has 2 rings (SSSR count). The zero-order valence-electron chi connectivity index (χ0n) is 11.0. The fourth-order valence-electron chi connectivity index (χ4n) is 2.67. The maximum atomic E-state index is 10.9. The maximum Gasteiger partial charge on any atom is 0.305 e. The molecule has 0 bridgehead atoms. The van der Waals surface area contributed by atoms with Crippen molar-refractivity contribution in [2.75, 3.05) is 11.4 Å². The molecule has 6 nitrogen and oxygen atoms in total. The Morgan fingerprint density at radius 2 is 2.30 bits per heavy atom. The van der Waals surface area contributed by atoms with Crippen LogP contribution in [-0.4, -0.2) is 28.6 Å². The molecule has 0 aliphatic carbocycles. The highest BCUT2D eigenvalue weighted by atomic mass is 35.5. The van der Waals surface area contributed by atoms with Gasteiger partial charge < -0.3 is 10.0 Å². The Morgan fingerprint density at radius 1 is 1.60 bits per heavy atom. The van der Waals surface area contributed by atoms with Crippen molar-refractivity contribution in [2.24, 2.45) is 0 Å². The zero-order chi connectivity index (χ0) is 14.9. The van der Waals surface area contributed by atoms with Gasteiger partial charge in [0.05, 0.1) is 11.3 Å². The first kappa shape index (κ1) is 14.6. The number of hydrogen-bond acceptors (Lipinski definition) is 4. The monoisotopic (exact) mass is 298 g/mol. The molecule has 1 atom stereocenters. The summed E-state index contributed by atoms with van der Waals surface area (Å²) in [4.78, 5) is 23.2. The van der Waals surface area contributed by atoms with Crippen LogP contribution in [0.15, 0.2) is 12.1 Å². The largest absolute Gasteiger partial charge is 0.481 e. The maximum absolute atomic E-state index is 10.9. The molecular formula is C13H15ClN2O4. The summed E-state index contributed by atoms with van der Waals surface area (Å²) in [6, 6.07) is 2.92. The zero-order valence-corrected chi connectivity index (χ0v) is 11.8. The Balaban J connectivity index is 2.35. The normalized spacial score (nSPS) is 18.3. The second-order valence-electron chi connectivity index (χ2n) is 4.93. The van der Waals surface area contributed by atoms with E-state index in [0.29, 0.717) is 0 Å². The Bertz CT molecular complexity index is 562. The molecule has 1 aliphatic rings. The Hall–Kier alpha value is -1.82. The van der Waals surface area contributed by atoms with Gasteiger partial charge in [0.2, 0.25) is 0 Å². The van der Waals surface area contributed by atoms with Gasteiger partial charge >= 0.3 is 5.97 Å². The van der Waals surface area contributed by atoms with Crippen molar-refractivity contribution in [3.8, 4) is 0 Å². The summed E-state index contributed by atoms with van der Waals surface area (Å²) in [6.45, 7) is 2.52. The molecule has 0 spiro atoms. The fraction of sp³-hybridized carbons (Fsp3) is 0.462. The van der Waals surface area contributed by atoms with E-state index in [1.54, 1.807) is 13.0 Å². The molecule has 0 amide bonds. The molecule has 1 aliphatic heterocycles. The van der Waals surface area contributed by atoms with Gasteiger partial charge in [0.25, 0.3) is 5.69 Å². The fourth-order valence-corrected chi connectivity index (χ4v) is 2.90. The van der Waals surface area contributed by atoms with Crippen LogP contribution in [0, 0.1) is 17.0 Å². The minimum Gasteiger partial charge on any atom is -0.481 e. The Morgan fingerprint density at radius 3 is 2.90 bits per heavy atom. The van der Waals surface area contributed by atoms with Gasteiger partial charge in [-0.1, -0.05) is 11.6 Å². The van der Waals surface area contributed by atoms with Crippen LogP contribution < -0.4 is 4.90 Å². The summed E-state index contributed by atoms with van der Waals surface area (Å²) in [6.07, 6.45) is 1.78. The lowest BCUT2D eigenvalue weighted by Gasteiger charge is -2.27. The third-order valence-corrected chi connectivity index (χ3v) is 3.86. The minimum absolute atomic E-state index is 0.0635. The number of halogens is 1. The number of carboxylic acids is 1. The van der Waals surface area contributed by atoms with Crippen LogP contribution in [0.2, 0.25) is 5.02 Å². The molecular weight excluding hydrogens is 284 g/mol. The van der Waals surface area contributed by atoms with Crippen LogP contribution >= 0.6 is 11.6 Å². The van der Waals surface area contributed by atoms with E-state index in [0.717, 1.165) is 30.6 Å². The second kappa shape index (κ2) is 5.66. The molecule has 0 aromatic heterocycles. The van der Waals surface area contributed by atoms with Crippen molar-refractivity contribution < 1.29 is 14.8 Å². The third kappa shape index (κ3) is 2.85. The van der Waals surface area contributed by atoms with E-state index in [1.165, 1.54) is 6.07 Å². The average molecular weight is 299 g/mol. The number of nitro groups is 1. The molecule has 1 heterocycles. The smallest absolute Gasteiger partial charge is 0.305 e. The predicted molar refractivity (Wildman–Crippen MR) is 75.5 cm³/mol. The molecule has 108 valence electrons. The van der Waals surface area contributed by atoms with Crippen LogP contribution in [0.25, 0.3) is 0 Å². The number of aryl methyl sites for hydroxylation is 1. The summed E-state index contributed by atoms with van der Waals surface area (Å²) in [5.41, 5.74) is 1.39. The molecule has 1 aromatic carbocycles. The van der Waals surface area contributed by atoms with Gasteiger partial charge in [-0.15, -0.1) is 0 Å². The number of rotatable bonds is 4. The van der Waals surface area contributed by atoms with E-state index in [-0.39, 0.29) is 23.2 Å². The number of nitro benzene ring substituents is 1. The lowest BCUT2D eigenvalue weighted by atomic mass is 10.1. The molecule has 1 unspecified atom stereocenters. The van der Waals surface area contributed by atoms with E-state index >= 15 is 0 Å². The molecule has 0 radical (unpaired) electrons. The quantitative estimate of drug-likeness (QED) is 0.682. The average Bonchev–Trinajstić information content (AvgIpc) is 2.78. The number of hydrogen-bond donors (Lipinski definition) is 1. The predicted octanol–water partition coefficient (Wildman–Crippen LogP) is 3.00. The lowest BCUT2D eigenvalue weighted by Crippen LogP contribution is -2.31. The molecule has 1 N–H and O–H groups in total. The van der Waals surface area contributed by atoms with E-state index in [2.05, 4.69) is 0 Å². The van der Waals surface area contributed by atoms with Crippen LogP contribution in [0.4, 0.5) is 11.4 Å².